The number of phenols is 1. The first-order chi connectivity index (χ1) is 19.1. The maximum atomic E-state index is 12.9. The third-order valence-electron chi connectivity index (χ3n) is 7.43. The van der Waals surface area contributed by atoms with E-state index in [0.717, 1.165) is 74.8 Å². The quantitative estimate of drug-likeness (QED) is 0.295. The summed E-state index contributed by atoms with van der Waals surface area (Å²) in [6, 6.07) is 18.3. The molecule has 0 aliphatic carbocycles. The van der Waals surface area contributed by atoms with E-state index in [4.69, 9.17) is 15.0 Å². The number of carbonyl (C=O) groups excluding carboxylic acids is 1. The van der Waals surface area contributed by atoms with Gasteiger partial charge in [-0.05, 0) is 74.2 Å². The molecular weight excluding hydrogens is 490 g/mol. The molecule has 6 rings (SSSR count). The molecule has 0 saturated carbocycles. The maximum absolute atomic E-state index is 12.9. The zero-order valence-corrected chi connectivity index (χ0v) is 21.9. The van der Waals surface area contributed by atoms with Gasteiger partial charge in [0.1, 0.15) is 5.75 Å². The molecule has 4 aromatic rings. The molecule has 2 fully saturated rings. The number of hydrogen-bond acceptors (Lipinski definition) is 8. The van der Waals surface area contributed by atoms with Crippen molar-refractivity contribution in [1.29, 1.82) is 0 Å². The lowest BCUT2D eigenvalue weighted by atomic mass is 10.0. The third-order valence-corrected chi connectivity index (χ3v) is 7.43. The van der Waals surface area contributed by atoms with Crippen LogP contribution < -0.4 is 20.4 Å². The van der Waals surface area contributed by atoms with Crippen LogP contribution in [0.1, 0.15) is 48.9 Å². The monoisotopic (exact) mass is 523 g/mol. The third kappa shape index (κ3) is 5.57. The minimum absolute atomic E-state index is 0.0206. The number of phenolic OH excluding ortho intramolecular Hbond substituents is 1. The number of nitrogens with zero attached hydrogens (tertiary/aromatic N) is 5. The highest BCUT2D eigenvalue weighted by Gasteiger charge is 2.20. The van der Waals surface area contributed by atoms with E-state index in [1.807, 2.05) is 48.5 Å². The lowest BCUT2D eigenvalue weighted by molar-refractivity contribution is 0.102. The largest absolute Gasteiger partial charge is 0.506 e. The molecule has 9 nitrogen and oxygen atoms in total. The molecule has 0 unspecified atom stereocenters. The molecule has 3 N–H and O–H groups in total. The summed E-state index contributed by atoms with van der Waals surface area (Å²) in [7, 11) is 0. The van der Waals surface area contributed by atoms with E-state index < -0.39 is 0 Å². The zero-order chi connectivity index (χ0) is 26.6. The van der Waals surface area contributed by atoms with E-state index in [0.29, 0.717) is 17.0 Å². The highest BCUT2D eigenvalue weighted by atomic mass is 16.3. The highest BCUT2D eigenvalue weighted by Crippen LogP contribution is 2.30. The molecule has 3 heterocycles. The predicted molar refractivity (Wildman–Crippen MR) is 155 cm³/mol. The maximum Gasteiger partial charge on any atom is 0.259 e. The van der Waals surface area contributed by atoms with E-state index in [1.54, 1.807) is 12.1 Å². The van der Waals surface area contributed by atoms with Gasteiger partial charge in [-0.1, -0.05) is 30.3 Å². The van der Waals surface area contributed by atoms with E-state index in [2.05, 4.69) is 20.4 Å². The van der Waals surface area contributed by atoms with Crippen molar-refractivity contribution in [2.24, 2.45) is 0 Å². The van der Waals surface area contributed by atoms with Gasteiger partial charge in [0.15, 0.2) is 0 Å². The molecule has 9 heteroatoms. The Bertz CT molecular complexity index is 1430. The number of carbonyl (C=O) groups is 1. The first kappa shape index (κ1) is 24.9. The number of aromatic hydroxyl groups is 1. The standard InChI is InChI=1S/C30H33N7O2/c38-26-24-10-4-3-9-21(24)11-16-25(26)27(39)31-22-12-14-23(15-13-22)32-28-33-29(36-17-5-1-6-18-36)35-30(34-28)37-19-7-2-8-20-37/h3-4,9-16,38H,1-2,5-8,17-20H2,(H,31,39)(H,32,33,34,35). The predicted octanol–water partition coefficient (Wildman–Crippen LogP) is 5.71. The molecule has 2 aliphatic heterocycles. The molecule has 1 aromatic heterocycles. The van der Waals surface area contributed by atoms with Gasteiger partial charge in [-0.15, -0.1) is 0 Å². The Balaban J connectivity index is 1.19. The second-order valence-corrected chi connectivity index (χ2v) is 10.2. The Kier molecular flexibility index (Phi) is 7.12. The van der Waals surface area contributed by atoms with Gasteiger partial charge in [-0.2, -0.15) is 15.0 Å². The summed E-state index contributed by atoms with van der Waals surface area (Å²) in [6.45, 7) is 3.85. The van der Waals surface area contributed by atoms with Crippen LogP contribution in [0.25, 0.3) is 10.8 Å². The van der Waals surface area contributed by atoms with Crippen LogP contribution in [0.15, 0.2) is 60.7 Å². The smallest absolute Gasteiger partial charge is 0.259 e. The molecule has 0 radical (unpaired) electrons. The van der Waals surface area contributed by atoms with E-state index in [-0.39, 0.29) is 17.2 Å². The summed E-state index contributed by atoms with van der Waals surface area (Å²) in [5.41, 5.74) is 1.66. The lowest BCUT2D eigenvalue weighted by Crippen LogP contribution is -2.34. The van der Waals surface area contributed by atoms with Crippen molar-refractivity contribution in [1.82, 2.24) is 15.0 Å². The number of aromatic nitrogens is 3. The fraction of sp³-hybridized carbons (Fsp3) is 0.333. The Hall–Kier alpha value is -4.40. The Morgan fingerprint density at radius 3 is 1.92 bits per heavy atom. The van der Waals surface area contributed by atoms with Gasteiger partial charge >= 0.3 is 0 Å². The fourth-order valence-corrected chi connectivity index (χ4v) is 5.28. The topological polar surface area (TPSA) is 107 Å². The molecule has 200 valence electrons. The van der Waals surface area contributed by atoms with Crippen molar-refractivity contribution >= 4 is 45.9 Å². The van der Waals surface area contributed by atoms with Crippen LogP contribution in [0.3, 0.4) is 0 Å². The molecule has 2 aliphatic rings. The number of benzene rings is 3. The summed E-state index contributed by atoms with van der Waals surface area (Å²) >= 11 is 0. The number of piperidine rings is 2. The number of rotatable bonds is 6. The van der Waals surface area contributed by atoms with E-state index in [1.165, 1.54) is 12.8 Å². The lowest BCUT2D eigenvalue weighted by Gasteiger charge is -2.30. The number of anilines is 5. The molecule has 1 amide bonds. The molecule has 2 saturated heterocycles. The van der Waals surface area contributed by atoms with Crippen molar-refractivity contribution in [2.75, 3.05) is 46.6 Å². The van der Waals surface area contributed by atoms with Crippen molar-refractivity contribution in [3.8, 4) is 5.75 Å². The van der Waals surface area contributed by atoms with E-state index >= 15 is 0 Å². The van der Waals surface area contributed by atoms with Crippen molar-refractivity contribution in [3.05, 3.63) is 66.2 Å². The molecule has 3 aromatic carbocycles. The van der Waals surface area contributed by atoms with Crippen LogP contribution >= 0.6 is 0 Å². The minimum Gasteiger partial charge on any atom is -0.506 e. The minimum atomic E-state index is -0.367. The van der Waals surface area contributed by atoms with Gasteiger partial charge in [-0.25, -0.2) is 0 Å². The van der Waals surface area contributed by atoms with Crippen LogP contribution in [0, 0.1) is 0 Å². The average Bonchev–Trinajstić information content (AvgIpc) is 2.99. The van der Waals surface area contributed by atoms with Crippen LogP contribution in [0.5, 0.6) is 5.75 Å². The van der Waals surface area contributed by atoms with Crippen molar-refractivity contribution in [3.63, 3.8) is 0 Å². The van der Waals surface area contributed by atoms with Gasteiger partial charge < -0.3 is 25.5 Å². The van der Waals surface area contributed by atoms with Crippen LogP contribution in [0.2, 0.25) is 0 Å². The highest BCUT2D eigenvalue weighted by molar-refractivity contribution is 6.09. The molecular formula is C30H33N7O2. The summed E-state index contributed by atoms with van der Waals surface area (Å²) < 4.78 is 0. The Morgan fingerprint density at radius 1 is 0.692 bits per heavy atom. The van der Waals surface area contributed by atoms with Crippen LogP contribution in [-0.4, -0.2) is 52.1 Å². The molecule has 39 heavy (non-hydrogen) atoms. The summed E-state index contributed by atoms with van der Waals surface area (Å²) in [4.78, 5) is 31.8. The van der Waals surface area contributed by atoms with Gasteiger partial charge in [0.25, 0.3) is 5.91 Å². The van der Waals surface area contributed by atoms with Crippen LogP contribution in [-0.2, 0) is 0 Å². The second-order valence-electron chi connectivity index (χ2n) is 10.2. The molecule has 0 atom stereocenters. The normalized spacial score (nSPS) is 15.8. The molecule has 0 spiro atoms. The van der Waals surface area contributed by atoms with Crippen molar-refractivity contribution < 1.29 is 9.90 Å². The SMILES string of the molecule is O=C(Nc1ccc(Nc2nc(N3CCCCC3)nc(N3CCCCC3)n2)cc1)c1ccc2ccccc2c1O. The average molecular weight is 524 g/mol. The van der Waals surface area contributed by atoms with Crippen molar-refractivity contribution in [2.45, 2.75) is 38.5 Å². The summed E-state index contributed by atoms with van der Waals surface area (Å²) in [6.07, 6.45) is 7.09. The summed E-state index contributed by atoms with van der Waals surface area (Å²) in [5, 5.41) is 18.4. The number of fused-ring (bicyclic) bond motifs is 1. The van der Waals surface area contributed by atoms with Gasteiger partial charge in [0.2, 0.25) is 17.8 Å². The van der Waals surface area contributed by atoms with Gasteiger partial charge in [0.05, 0.1) is 5.56 Å². The fourth-order valence-electron chi connectivity index (χ4n) is 5.28. The van der Waals surface area contributed by atoms with Crippen LogP contribution in [0.4, 0.5) is 29.2 Å². The van der Waals surface area contributed by atoms with E-state index in [9.17, 15) is 9.90 Å². The Labute approximate surface area is 227 Å². The molecule has 0 bridgehead atoms. The number of hydrogen-bond donors (Lipinski definition) is 3. The summed E-state index contributed by atoms with van der Waals surface area (Å²) in [5.74, 6) is 1.59. The number of amides is 1. The first-order valence-electron chi connectivity index (χ1n) is 13.8. The first-order valence-corrected chi connectivity index (χ1v) is 13.8. The van der Waals surface area contributed by atoms with Gasteiger partial charge in [-0.3, -0.25) is 4.79 Å². The van der Waals surface area contributed by atoms with Gasteiger partial charge in [0, 0.05) is 42.9 Å². The zero-order valence-electron chi connectivity index (χ0n) is 21.9. The number of nitrogens with one attached hydrogen (secondary N) is 2. The Morgan fingerprint density at radius 2 is 1.28 bits per heavy atom. The second kappa shape index (κ2) is 11.1.